The Labute approximate surface area is 158 Å². The van der Waals surface area contributed by atoms with E-state index < -0.39 is 5.97 Å². The smallest absolute Gasteiger partial charge is 0.315 e. The van der Waals surface area contributed by atoms with Gasteiger partial charge in [-0.05, 0) is 30.2 Å². The normalized spacial score (nSPS) is 11.1. The minimum absolute atomic E-state index is 0.265. The van der Waals surface area contributed by atoms with E-state index in [1.54, 1.807) is 16.7 Å². The van der Waals surface area contributed by atoms with E-state index in [0.29, 0.717) is 6.54 Å². The molecule has 2 rings (SSSR count). The zero-order valence-corrected chi connectivity index (χ0v) is 15.9. The lowest BCUT2D eigenvalue weighted by molar-refractivity contribution is -0.146. The monoisotopic (exact) mass is 369 g/mol. The molecular weight excluding hydrogens is 346 g/mol. The molecule has 0 atom stereocenters. The maximum Gasteiger partial charge on any atom is 0.315 e. The van der Waals surface area contributed by atoms with E-state index in [4.69, 9.17) is 0 Å². The molecule has 0 saturated heterocycles. The van der Waals surface area contributed by atoms with Crippen molar-refractivity contribution < 1.29 is 14.3 Å². The van der Waals surface area contributed by atoms with Gasteiger partial charge in [-0.1, -0.05) is 48.5 Å². The van der Waals surface area contributed by atoms with Crippen molar-refractivity contribution in [1.29, 1.82) is 0 Å². The molecule has 0 bridgehead atoms. The number of amides is 1. The van der Waals surface area contributed by atoms with Crippen molar-refractivity contribution in [3.63, 3.8) is 0 Å². The highest BCUT2D eigenvalue weighted by molar-refractivity contribution is 7.99. The lowest BCUT2D eigenvalue weighted by atomic mass is 10.2. The van der Waals surface area contributed by atoms with Crippen molar-refractivity contribution in [3.8, 4) is 0 Å². The maximum atomic E-state index is 12.5. The first-order valence-corrected chi connectivity index (χ1v) is 9.32. The molecule has 0 radical (unpaired) electrons. The summed E-state index contributed by atoms with van der Waals surface area (Å²) in [4.78, 5) is 26.7. The van der Waals surface area contributed by atoms with Gasteiger partial charge in [-0.15, -0.1) is 11.8 Å². The Morgan fingerprint density at radius 1 is 1.04 bits per heavy atom. The number of benzene rings is 2. The Morgan fingerprint density at radius 2 is 1.65 bits per heavy atom. The molecule has 0 aliphatic rings. The van der Waals surface area contributed by atoms with Crippen LogP contribution in [-0.2, 0) is 20.9 Å². The molecule has 0 fully saturated rings. The highest BCUT2D eigenvalue weighted by Gasteiger charge is 2.17. The third-order valence-electron chi connectivity index (χ3n) is 3.63. The van der Waals surface area contributed by atoms with E-state index >= 15 is 0 Å². The third kappa shape index (κ3) is 6.76. The number of thioether (sulfide) groups is 1. The van der Waals surface area contributed by atoms with E-state index in [1.807, 2.05) is 61.7 Å². The van der Waals surface area contributed by atoms with Gasteiger partial charge in [0.15, 0.2) is 0 Å². The molecular formula is C21H23NO3S. The second-order valence-electron chi connectivity index (χ2n) is 5.84. The zero-order valence-electron chi connectivity index (χ0n) is 15.1. The minimum Gasteiger partial charge on any atom is -0.469 e. The van der Waals surface area contributed by atoms with Crippen LogP contribution >= 0.6 is 11.8 Å². The van der Waals surface area contributed by atoms with Gasteiger partial charge in [0, 0.05) is 16.8 Å². The van der Waals surface area contributed by atoms with Crippen LogP contribution in [0.15, 0.2) is 77.3 Å². The predicted molar refractivity (Wildman–Crippen MR) is 105 cm³/mol. The average molecular weight is 369 g/mol. The number of hydrogen-bond acceptors (Lipinski definition) is 4. The van der Waals surface area contributed by atoms with E-state index in [2.05, 4.69) is 16.9 Å². The molecule has 5 heteroatoms. The largest absolute Gasteiger partial charge is 0.469 e. The Kier molecular flexibility index (Phi) is 7.96. The summed E-state index contributed by atoms with van der Waals surface area (Å²) in [5.74, 6) is -0.0385. The summed E-state index contributed by atoms with van der Waals surface area (Å²) in [7, 11) is 1.29. The lowest BCUT2D eigenvalue weighted by Gasteiger charge is -2.19. The highest BCUT2D eigenvalue weighted by atomic mass is 32.2. The Bertz CT molecular complexity index is 744. The zero-order chi connectivity index (χ0) is 18.8. The van der Waals surface area contributed by atoms with Crippen LogP contribution in [0.1, 0.15) is 18.9 Å². The molecule has 26 heavy (non-hydrogen) atoms. The van der Waals surface area contributed by atoms with Gasteiger partial charge in [-0.3, -0.25) is 9.59 Å². The number of ether oxygens (including phenoxy) is 1. The van der Waals surface area contributed by atoms with Crippen molar-refractivity contribution in [2.75, 3.05) is 12.9 Å². The molecule has 0 N–H and O–H groups in total. The summed E-state index contributed by atoms with van der Waals surface area (Å²) in [6.07, 6.45) is 1.56. The number of hydrogen-bond donors (Lipinski definition) is 0. The lowest BCUT2D eigenvalue weighted by Crippen LogP contribution is -2.28. The van der Waals surface area contributed by atoms with Crippen molar-refractivity contribution >= 4 is 23.6 Å². The molecule has 136 valence electrons. The van der Waals surface area contributed by atoms with Crippen LogP contribution in [0.4, 0.5) is 0 Å². The van der Waals surface area contributed by atoms with Crippen molar-refractivity contribution in [2.45, 2.75) is 24.8 Å². The van der Waals surface area contributed by atoms with E-state index in [1.165, 1.54) is 12.0 Å². The van der Waals surface area contributed by atoms with Crippen LogP contribution in [0.2, 0.25) is 0 Å². The predicted octanol–water partition coefficient (Wildman–Crippen LogP) is 4.27. The Balaban J connectivity index is 2.08. The molecule has 2 aromatic carbocycles. The van der Waals surface area contributed by atoms with Gasteiger partial charge in [0.2, 0.25) is 5.91 Å². The number of methoxy groups -OCH3 is 1. The SMILES string of the molecule is COC(=O)CC(=O)N(/C=C(\C)CSc1ccccc1)Cc1ccccc1. The molecule has 0 aliphatic heterocycles. The van der Waals surface area contributed by atoms with Crippen LogP contribution in [0, 0.1) is 0 Å². The molecule has 0 aliphatic carbocycles. The van der Waals surface area contributed by atoms with Gasteiger partial charge < -0.3 is 9.64 Å². The Hall–Kier alpha value is -2.53. The fourth-order valence-corrected chi connectivity index (χ4v) is 3.12. The summed E-state index contributed by atoms with van der Waals surface area (Å²) in [6, 6.07) is 19.8. The highest BCUT2D eigenvalue weighted by Crippen LogP contribution is 2.20. The van der Waals surface area contributed by atoms with Crippen LogP contribution in [0.25, 0.3) is 0 Å². The van der Waals surface area contributed by atoms with E-state index in [0.717, 1.165) is 16.9 Å². The summed E-state index contributed by atoms with van der Waals surface area (Å²) < 4.78 is 4.62. The Morgan fingerprint density at radius 3 is 2.27 bits per heavy atom. The fourth-order valence-electron chi connectivity index (χ4n) is 2.30. The molecule has 2 aromatic rings. The van der Waals surface area contributed by atoms with E-state index in [9.17, 15) is 9.59 Å². The molecule has 4 nitrogen and oxygen atoms in total. The number of carbonyl (C=O) groups is 2. The fraction of sp³-hybridized carbons (Fsp3) is 0.238. The van der Waals surface area contributed by atoms with Gasteiger partial charge in [0.1, 0.15) is 6.42 Å². The van der Waals surface area contributed by atoms with Crippen LogP contribution in [0.3, 0.4) is 0 Å². The summed E-state index contributed by atoms with van der Waals surface area (Å²) >= 11 is 1.71. The molecule has 0 saturated carbocycles. The first-order chi connectivity index (χ1) is 12.6. The molecule has 0 unspecified atom stereocenters. The van der Waals surface area contributed by atoms with Crippen molar-refractivity contribution in [2.24, 2.45) is 0 Å². The minimum atomic E-state index is -0.530. The molecule has 0 spiro atoms. The summed E-state index contributed by atoms with van der Waals surface area (Å²) in [5, 5.41) is 0. The second-order valence-corrected chi connectivity index (χ2v) is 6.89. The van der Waals surface area contributed by atoms with Crippen LogP contribution < -0.4 is 0 Å². The summed E-state index contributed by atoms with van der Waals surface area (Å²) in [5.41, 5.74) is 2.05. The van der Waals surface area contributed by atoms with Gasteiger partial charge in [-0.2, -0.15) is 0 Å². The first-order valence-electron chi connectivity index (χ1n) is 8.34. The van der Waals surface area contributed by atoms with Gasteiger partial charge >= 0.3 is 5.97 Å². The summed E-state index contributed by atoms with van der Waals surface area (Å²) in [6.45, 7) is 2.41. The van der Waals surface area contributed by atoms with Crippen LogP contribution in [-0.4, -0.2) is 29.6 Å². The molecule has 0 aromatic heterocycles. The second kappa shape index (κ2) is 10.5. The van der Waals surface area contributed by atoms with Crippen LogP contribution in [0.5, 0.6) is 0 Å². The van der Waals surface area contributed by atoms with Gasteiger partial charge in [0.25, 0.3) is 0 Å². The number of rotatable bonds is 8. The molecule has 0 heterocycles. The first kappa shape index (κ1) is 19.8. The number of carbonyl (C=O) groups excluding carboxylic acids is 2. The quantitative estimate of drug-likeness (QED) is 0.396. The average Bonchev–Trinajstić information content (AvgIpc) is 2.67. The van der Waals surface area contributed by atoms with Crippen molar-refractivity contribution in [3.05, 3.63) is 78.0 Å². The third-order valence-corrected chi connectivity index (χ3v) is 4.83. The number of esters is 1. The standard InChI is InChI=1S/C21H23NO3S/c1-17(16-26-19-11-7-4-8-12-19)14-22(20(23)13-21(24)25-2)15-18-9-5-3-6-10-18/h3-12,14H,13,15-16H2,1-2H3/b17-14+. The molecule has 1 amide bonds. The number of nitrogens with zero attached hydrogens (tertiary/aromatic N) is 1. The van der Waals surface area contributed by atoms with Gasteiger partial charge in [-0.25, -0.2) is 0 Å². The van der Waals surface area contributed by atoms with Crippen molar-refractivity contribution in [1.82, 2.24) is 4.90 Å². The van der Waals surface area contributed by atoms with Gasteiger partial charge in [0.05, 0.1) is 13.7 Å². The van der Waals surface area contributed by atoms with E-state index in [-0.39, 0.29) is 12.3 Å². The maximum absolute atomic E-state index is 12.5. The topological polar surface area (TPSA) is 46.6 Å².